The minimum atomic E-state index is 0.440. The van der Waals surface area contributed by atoms with Crippen LogP contribution in [0.2, 0.25) is 0 Å². The van der Waals surface area contributed by atoms with E-state index in [0.717, 1.165) is 25.0 Å². The molecule has 0 radical (unpaired) electrons. The lowest BCUT2D eigenvalue weighted by molar-refractivity contribution is -0.117. The van der Waals surface area contributed by atoms with E-state index in [-0.39, 0.29) is 0 Å². The van der Waals surface area contributed by atoms with E-state index in [9.17, 15) is 4.79 Å². The minimum Gasteiger partial charge on any atom is -0.300 e. The Hall–Kier alpha value is -0.760. The van der Waals surface area contributed by atoms with Crippen LogP contribution in [0.1, 0.15) is 24.8 Å². The number of hydrogen-bond donors (Lipinski definition) is 0. The van der Waals surface area contributed by atoms with Crippen molar-refractivity contribution in [2.24, 2.45) is 0 Å². The van der Waals surface area contributed by atoms with Gasteiger partial charge >= 0.3 is 0 Å². The zero-order valence-electron chi connectivity index (χ0n) is 8.11. The van der Waals surface area contributed by atoms with Gasteiger partial charge in [-0.15, -0.1) is 0 Å². The van der Waals surface area contributed by atoms with Crippen molar-refractivity contribution in [3.63, 3.8) is 0 Å². The van der Waals surface area contributed by atoms with E-state index in [4.69, 9.17) is 0 Å². The van der Waals surface area contributed by atoms with Crippen molar-refractivity contribution >= 4 is 17.5 Å². The van der Waals surface area contributed by atoms with Crippen LogP contribution in [0.25, 0.3) is 0 Å². The van der Waals surface area contributed by atoms with Gasteiger partial charge in [0.2, 0.25) is 0 Å². The SMILES string of the molecule is O=C1CC[C@@H](SCc2ccccc2)C1. The Balaban J connectivity index is 1.80. The van der Waals surface area contributed by atoms with Gasteiger partial charge in [0.1, 0.15) is 5.78 Å². The van der Waals surface area contributed by atoms with E-state index >= 15 is 0 Å². The van der Waals surface area contributed by atoms with E-state index in [1.807, 2.05) is 17.8 Å². The molecule has 0 unspecified atom stereocenters. The summed E-state index contributed by atoms with van der Waals surface area (Å²) < 4.78 is 0. The average Bonchev–Trinajstić information content (AvgIpc) is 2.63. The van der Waals surface area contributed by atoms with Crippen molar-refractivity contribution < 1.29 is 4.79 Å². The van der Waals surface area contributed by atoms with Gasteiger partial charge in [-0.05, 0) is 12.0 Å². The number of rotatable bonds is 3. The molecule has 1 aromatic rings. The Kier molecular flexibility index (Phi) is 3.25. The third-order valence-corrected chi connectivity index (χ3v) is 3.90. The number of ketones is 1. The fourth-order valence-corrected chi connectivity index (χ4v) is 2.92. The quantitative estimate of drug-likeness (QED) is 0.756. The van der Waals surface area contributed by atoms with Crippen LogP contribution in [0.5, 0.6) is 0 Å². The lowest BCUT2D eigenvalue weighted by atomic mass is 10.2. The van der Waals surface area contributed by atoms with Crippen LogP contribution in [0.15, 0.2) is 30.3 Å². The summed E-state index contributed by atoms with van der Waals surface area (Å²) in [6.07, 6.45) is 2.67. The highest BCUT2D eigenvalue weighted by Gasteiger charge is 2.21. The van der Waals surface area contributed by atoms with Gasteiger partial charge in [0.15, 0.2) is 0 Å². The molecular formula is C12H14OS. The maximum absolute atomic E-state index is 11.1. The zero-order chi connectivity index (χ0) is 9.80. The Labute approximate surface area is 88.9 Å². The number of carbonyl (C=O) groups is 1. The van der Waals surface area contributed by atoms with Crippen molar-refractivity contribution in [2.45, 2.75) is 30.3 Å². The molecule has 1 atom stereocenters. The van der Waals surface area contributed by atoms with Gasteiger partial charge in [0, 0.05) is 23.8 Å². The third kappa shape index (κ3) is 2.61. The maximum atomic E-state index is 11.1. The van der Waals surface area contributed by atoms with Gasteiger partial charge in [-0.1, -0.05) is 30.3 Å². The van der Waals surface area contributed by atoms with Gasteiger partial charge in [-0.25, -0.2) is 0 Å². The predicted molar refractivity (Wildman–Crippen MR) is 60.4 cm³/mol. The molecule has 14 heavy (non-hydrogen) atoms. The van der Waals surface area contributed by atoms with Gasteiger partial charge in [0.25, 0.3) is 0 Å². The number of hydrogen-bond acceptors (Lipinski definition) is 2. The van der Waals surface area contributed by atoms with E-state index < -0.39 is 0 Å². The lowest BCUT2D eigenvalue weighted by Crippen LogP contribution is -1.97. The average molecular weight is 206 g/mol. The minimum absolute atomic E-state index is 0.440. The van der Waals surface area contributed by atoms with Crippen molar-refractivity contribution in [3.8, 4) is 0 Å². The first-order valence-electron chi connectivity index (χ1n) is 5.02. The molecule has 0 spiro atoms. The molecule has 1 aliphatic carbocycles. The monoisotopic (exact) mass is 206 g/mol. The van der Waals surface area contributed by atoms with E-state index in [1.165, 1.54) is 5.56 Å². The summed E-state index contributed by atoms with van der Waals surface area (Å²) in [5, 5.41) is 0.572. The summed E-state index contributed by atoms with van der Waals surface area (Å²) in [4.78, 5) is 11.1. The molecule has 0 bridgehead atoms. The van der Waals surface area contributed by atoms with E-state index in [0.29, 0.717) is 11.0 Å². The maximum Gasteiger partial charge on any atom is 0.134 e. The molecule has 1 fully saturated rings. The molecule has 0 aromatic heterocycles. The Morgan fingerprint density at radius 2 is 2.07 bits per heavy atom. The first-order valence-corrected chi connectivity index (χ1v) is 6.07. The van der Waals surface area contributed by atoms with Crippen molar-refractivity contribution in [2.75, 3.05) is 0 Å². The molecule has 0 heterocycles. The fourth-order valence-electron chi connectivity index (χ4n) is 1.71. The standard InChI is InChI=1S/C12H14OS/c13-11-6-7-12(8-11)14-9-10-4-2-1-3-5-10/h1-5,12H,6-9H2/t12-/m1/s1. The number of carbonyl (C=O) groups excluding carboxylic acids is 1. The molecule has 0 N–H and O–H groups in total. The van der Waals surface area contributed by atoms with Gasteiger partial charge in [0.05, 0.1) is 0 Å². The summed E-state index contributed by atoms with van der Waals surface area (Å²) >= 11 is 1.92. The smallest absolute Gasteiger partial charge is 0.134 e. The van der Waals surface area contributed by atoms with E-state index in [2.05, 4.69) is 24.3 Å². The largest absolute Gasteiger partial charge is 0.300 e. The molecule has 1 aromatic carbocycles. The van der Waals surface area contributed by atoms with Crippen molar-refractivity contribution in [1.29, 1.82) is 0 Å². The molecule has 1 saturated carbocycles. The molecule has 1 aliphatic rings. The van der Waals surface area contributed by atoms with Gasteiger partial charge < -0.3 is 0 Å². The summed E-state index contributed by atoms with van der Waals surface area (Å²) in [6, 6.07) is 10.5. The molecule has 0 saturated heterocycles. The Morgan fingerprint density at radius 3 is 2.71 bits per heavy atom. The van der Waals surface area contributed by atoms with Crippen molar-refractivity contribution in [3.05, 3.63) is 35.9 Å². The highest BCUT2D eigenvalue weighted by molar-refractivity contribution is 7.99. The second-order valence-corrected chi connectivity index (χ2v) is 4.99. The lowest BCUT2D eigenvalue weighted by Gasteiger charge is -2.07. The molecule has 0 aliphatic heterocycles. The Bertz CT molecular complexity index is 307. The van der Waals surface area contributed by atoms with Crippen LogP contribution in [0, 0.1) is 0 Å². The normalized spacial score (nSPS) is 21.4. The second-order valence-electron chi connectivity index (χ2n) is 3.70. The zero-order valence-corrected chi connectivity index (χ0v) is 8.93. The van der Waals surface area contributed by atoms with Crippen LogP contribution in [-0.4, -0.2) is 11.0 Å². The van der Waals surface area contributed by atoms with Crippen LogP contribution >= 0.6 is 11.8 Å². The summed E-state index contributed by atoms with van der Waals surface area (Å²) in [6.45, 7) is 0. The predicted octanol–water partition coefficient (Wildman–Crippen LogP) is 3.04. The van der Waals surface area contributed by atoms with Gasteiger partial charge in [-0.2, -0.15) is 11.8 Å². The fraction of sp³-hybridized carbons (Fsp3) is 0.417. The van der Waals surface area contributed by atoms with Crippen LogP contribution in [0.3, 0.4) is 0 Å². The summed E-state index contributed by atoms with van der Waals surface area (Å²) in [5.41, 5.74) is 1.36. The second kappa shape index (κ2) is 4.65. The molecular weight excluding hydrogens is 192 g/mol. The van der Waals surface area contributed by atoms with Crippen LogP contribution in [0.4, 0.5) is 0 Å². The first kappa shape index (κ1) is 9.78. The van der Waals surface area contributed by atoms with E-state index in [1.54, 1.807) is 0 Å². The molecule has 2 rings (SSSR count). The number of benzene rings is 1. The summed E-state index contributed by atoms with van der Waals surface area (Å²) in [5.74, 6) is 1.48. The van der Waals surface area contributed by atoms with Gasteiger partial charge in [-0.3, -0.25) is 4.79 Å². The molecule has 0 amide bonds. The first-order chi connectivity index (χ1) is 6.84. The third-order valence-electron chi connectivity index (χ3n) is 2.53. The number of Topliss-reactive ketones (excluding diaryl/α,β-unsaturated/α-hetero) is 1. The van der Waals surface area contributed by atoms with Crippen LogP contribution in [-0.2, 0) is 10.5 Å². The van der Waals surface area contributed by atoms with Crippen molar-refractivity contribution in [1.82, 2.24) is 0 Å². The highest BCUT2D eigenvalue weighted by atomic mass is 32.2. The molecule has 74 valence electrons. The highest BCUT2D eigenvalue weighted by Crippen LogP contribution is 2.29. The molecule has 1 nitrogen and oxygen atoms in total. The molecule has 2 heteroatoms. The Morgan fingerprint density at radius 1 is 1.29 bits per heavy atom. The summed E-state index contributed by atoms with van der Waals surface area (Å²) in [7, 11) is 0. The topological polar surface area (TPSA) is 17.1 Å². The van der Waals surface area contributed by atoms with Crippen LogP contribution < -0.4 is 0 Å². The number of thioether (sulfide) groups is 1.